The van der Waals surface area contributed by atoms with Crippen LogP contribution in [0.3, 0.4) is 0 Å². The third-order valence-electron chi connectivity index (χ3n) is 7.01. The maximum absolute atomic E-state index is 16.1. The summed E-state index contributed by atoms with van der Waals surface area (Å²) in [5.41, 5.74) is 0. The zero-order chi connectivity index (χ0) is 24.0. The molecule has 0 saturated heterocycles. The largest absolute Gasteiger partial charge is 0.375 e. The summed E-state index contributed by atoms with van der Waals surface area (Å²) in [6, 6.07) is 38.3. The van der Waals surface area contributed by atoms with Crippen molar-refractivity contribution in [3.8, 4) is 0 Å². The Labute approximate surface area is 202 Å². The summed E-state index contributed by atoms with van der Waals surface area (Å²) >= 11 is 0. The molecule has 170 valence electrons. The van der Waals surface area contributed by atoms with Gasteiger partial charge in [-0.05, 0) is 47.9 Å². The monoisotopic (exact) mass is 478 g/mol. The Kier molecular flexibility index (Phi) is 5.01. The van der Waals surface area contributed by atoms with E-state index < -0.39 is 13.9 Å². The molecule has 0 spiro atoms. The van der Waals surface area contributed by atoms with Crippen LogP contribution in [0.2, 0.25) is 0 Å². The predicted molar refractivity (Wildman–Crippen MR) is 143 cm³/mol. The number of hydrogen-bond acceptors (Lipinski definition) is 0. The van der Waals surface area contributed by atoms with Gasteiger partial charge >= 0.3 is 5.80 Å². The van der Waals surface area contributed by atoms with E-state index in [1.165, 1.54) is 0 Å². The highest BCUT2D eigenvalue weighted by molar-refractivity contribution is 7.15. The Morgan fingerprint density at radius 3 is 0.971 bits per heavy atom. The van der Waals surface area contributed by atoms with Crippen molar-refractivity contribution < 1.29 is 13.2 Å². The van der Waals surface area contributed by atoms with Crippen molar-refractivity contribution in [3.63, 3.8) is 0 Å². The van der Waals surface area contributed by atoms with Crippen LogP contribution in [-0.2, 0) is 0 Å². The molecule has 0 nitrogen and oxygen atoms in total. The van der Waals surface area contributed by atoms with Crippen LogP contribution in [0, 0.1) is 0 Å². The average molecular weight is 479 g/mol. The van der Waals surface area contributed by atoms with E-state index >= 15 is 13.2 Å². The third-order valence-corrected chi connectivity index (χ3v) is 11.6. The SMILES string of the molecule is FC(F)(F)[Si](c1cccc2ccccc12)(c1cccc2ccccc12)c1cccc2ccccc12. The van der Waals surface area contributed by atoms with Gasteiger partial charge in [-0.1, -0.05) is 127 Å². The molecule has 0 bridgehead atoms. The van der Waals surface area contributed by atoms with Crippen LogP contribution in [0.5, 0.6) is 0 Å². The molecule has 6 aromatic rings. The molecule has 0 heterocycles. The molecule has 0 saturated carbocycles. The van der Waals surface area contributed by atoms with Gasteiger partial charge in [0.2, 0.25) is 0 Å². The van der Waals surface area contributed by atoms with Crippen molar-refractivity contribution in [2.75, 3.05) is 0 Å². The maximum atomic E-state index is 16.1. The van der Waals surface area contributed by atoms with Crippen LogP contribution >= 0.6 is 0 Å². The van der Waals surface area contributed by atoms with Crippen LogP contribution in [0.15, 0.2) is 127 Å². The van der Waals surface area contributed by atoms with Crippen molar-refractivity contribution in [1.29, 1.82) is 0 Å². The lowest BCUT2D eigenvalue weighted by Crippen LogP contribution is -2.76. The lowest BCUT2D eigenvalue weighted by molar-refractivity contribution is -0.0514. The fourth-order valence-corrected chi connectivity index (χ4v) is 10.3. The summed E-state index contributed by atoms with van der Waals surface area (Å²) in [6.45, 7) is 0. The van der Waals surface area contributed by atoms with Gasteiger partial charge in [-0.2, -0.15) is 13.2 Å². The number of rotatable bonds is 3. The summed E-state index contributed by atoms with van der Waals surface area (Å²) in [5, 5.41) is 5.51. The molecule has 0 aliphatic rings. The highest BCUT2D eigenvalue weighted by Gasteiger charge is 2.62. The van der Waals surface area contributed by atoms with Crippen LogP contribution in [0.4, 0.5) is 13.2 Å². The lowest BCUT2D eigenvalue weighted by Gasteiger charge is -2.37. The second kappa shape index (κ2) is 8.10. The summed E-state index contributed by atoms with van der Waals surface area (Å²) in [7, 11) is -4.62. The first-order valence-corrected chi connectivity index (χ1v) is 13.5. The van der Waals surface area contributed by atoms with E-state index in [9.17, 15) is 0 Å². The number of benzene rings is 6. The second-order valence-corrected chi connectivity index (χ2v) is 12.5. The summed E-state index contributed by atoms with van der Waals surface area (Å²) in [6.07, 6.45) is 0. The van der Waals surface area contributed by atoms with E-state index in [-0.39, 0.29) is 0 Å². The Bertz CT molecular complexity index is 1490. The van der Waals surface area contributed by atoms with Crippen LogP contribution in [0.1, 0.15) is 0 Å². The second-order valence-electron chi connectivity index (χ2n) is 8.83. The number of halogens is 3. The molecule has 0 aliphatic heterocycles. The molecule has 0 radical (unpaired) electrons. The molecule has 0 unspecified atom stereocenters. The fraction of sp³-hybridized carbons (Fsp3) is 0.0323. The molecule has 0 N–H and O–H groups in total. The van der Waals surface area contributed by atoms with Crippen LogP contribution in [-0.4, -0.2) is 13.9 Å². The fourth-order valence-electron chi connectivity index (χ4n) is 5.55. The minimum absolute atomic E-state index is 0.371. The first-order valence-electron chi connectivity index (χ1n) is 11.5. The molecule has 0 aromatic heterocycles. The Hall–Kier alpha value is -3.89. The van der Waals surface area contributed by atoms with Crippen LogP contribution in [0.25, 0.3) is 32.3 Å². The van der Waals surface area contributed by atoms with Gasteiger partial charge < -0.3 is 0 Å². The van der Waals surface area contributed by atoms with E-state index in [4.69, 9.17) is 0 Å². The van der Waals surface area contributed by atoms with Gasteiger partial charge in [0.25, 0.3) is 8.07 Å². The third kappa shape index (κ3) is 3.21. The molecule has 6 aromatic carbocycles. The molecule has 0 aliphatic carbocycles. The average Bonchev–Trinajstić information content (AvgIpc) is 2.89. The Morgan fingerprint density at radius 1 is 0.371 bits per heavy atom. The van der Waals surface area contributed by atoms with Gasteiger partial charge in [-0.3, -0.25) is 0 Å². The highest BCUT2D eigenvalue weighted by atomic mass is 28.3. The maximum Gasteiger partial charge on any atom is 0.375 e. The smallest absolute Gasteiger partial charge is 0.175 e. The molecular formula is C31H21F3Si. The topological polar surface area (TPSA) is 0 Å². The first kappa shape index (κ1) is 21.6. The van der Waals surface area contributed by atoms with Gasteiger partial charge in [0, 0.05) is 0 Å². The van der Waals surface area contributed by atoms with E-state index in [1.54, 1.807) is 36.4 Å². The van der Waals surface area contributed by atoms with Crippen molar-refractivity contribution in [2.24, 2.45) is 0 Å². The van der Waals surface area contributed by atoms with Gasteiger partial charge in [-0.15, -0.1) is 0 Å². The van der Waals surface area contributed by atoms with Gasteiger partial charge in [0.1, 0.15) is 0 Å². The molecule has 6 rings (SSSR count). The minimum atomic E-state index is -4.62. The van der Waals surface area contributed by atoms with Crippen molar-refractivity contribution in [2.45, 2.75) is 5.80 Å². The van der Waals surface area contributed by atoms with E-state index in [2.05, 4.69) is 0 Å². The Balaban J connectivity index is 1.90. The van der Waals surface area contributed by atoms with Gasteiger partial charge in [0.15, 0.2) is 0 Å². The zero-order valence-corrected chi connectivity index (χ0v) is 19.8. The first-order chi connectivity index (χ1) is 17.0. The van der Waals surface area contributed by atoms with E-state index in [1.807, 2.05) is 91.0 Å². The molecular weight excluding hydrogens is 457 g/mol. The molecule has 35 heavy (non-hydrogen) atoms. The van der Waals surface area contributed by atoms with Crippen molar-refractivity contribution in [1.82, 2.24) is 0 Å². The molecule has 0 amide bonds. The quantitative estimate of drug-likeness (QED) is 0.196. The van der Waals surface area contributed by atoms with E-state index in [0.717, 1.165) is 16.2 Å². The van der Waals surface area contributed by atoms with Gasteiger partial charge in [0.05, 0.1) is 0 Å². The summed E-state index contributed by atoms with van der Waals surface area (Å²) in [5.74, 6) is -4.49. The normalized spacial score (nSPS) is 12.4. The molecule has 0 atom stereocenters. The lowest BCUT2D eigenvalue weighted by atomic mass is 10.1. The Morgan fingerprint density at radius 2 is 0.657 bits per heavy atom. The molecule has 0 fully saturated rings. The van der Waals surface area contributed by atoms with Crippen molar-refractivity contribution in [3.05, 3.63) is 127 Å². The van der Waals surface area contributed by atoms with E-state index in [0.29, 0.717) is 31.7 Å². The number of fused-ring (bicyclic) bond motifs is 3. The van der Waals surface area contributed by atoms with Gasteiger partial charge in [-0.25, -0.2) is 0 Å². The number of alkyl halides is 3. The zero-order valence-electron chi connectivity index (χ0n) is 18.8. The summed E-state index contributed by atoms with van der Waals surface area (Å²) in [4.78, 5) is 0. The molecule has 4 heteroatoms. The number of hydrogen-bond donors (Lipinski definition) is 0. The van der Waals surface area contributed by atoms with Crippen LogP contribution < -0.4 is 15.6 Å². The summed E-state index contributed by atoms with van der Waals surface area (Å²) < 4.78 is 48.2. The standard InChI is InChI=1S/C31H21F3Si/c32-31(33,34)35(28-19-7-13-22-10-1-4-16-25(22)28,29-20-8-14-23-11-2-5-17-26(23)29)30-21-9-15-24-12-3-6-18-27(24)30/h1-21H. The predicted octanol–water partition coefficient (Wildman–Crippen LogP) is 6.72. The highest BCUT2D eigenvalue weighted by Crippen LogP contribution is 2.34. The minimum Gasteiger partial charge on any atom is -0.175 e. The van der Waals surface area contributed by atoms with Crippen molar-refractivity contribution >= 4 is 56.0 Å².